The highest BCUT2D eigenvalue weighted by atomic mass is 19.1. The second kappa shape index (κ2) is 11.0. The Balaban J connectivity index is 1.21. The molecule has 1 saturated heterocycles. The molecule has 2 aliphatic rings. The molecule has 0 bridgehead atoms. The molecule has 198 valence electrons. The fourth-order valence-electron chi connectivity index (χ4n) is 4.59. The number of nitrogens with zero attached hydrogens (tertiary/aromatic N) is 5. The van der Waals surface area contributed by atoms with Gasteiger partial charge in [0.2, 0.25) is 12.7 Å². The number of aromatic nitrogens is 2. The van der Waals surface area contributed by atoms with E-state index in [0.717, 1.165) is 24.3 Å². The molecule has 0 spiro atoms. The summed E-state index contributed by atoms with van der Waals surface area (Å²) in [4.78, 5) is 32.0. The van der Waals surface area contributed by atoms with Crippen LogP contribution in [0.5, 0.6) is 11.5 Å². The molecule has 1 fully saturated rings. The summed E-state index contributed by atoms with van der Waals surface area (Å²) >= 11 is 0. The maximum Gasteiger partial charge on any atom is 0.254 e. The van der Waals surface area contributed by atoms with Crippen molar-refractivity contribution in [3.63, 3.8) is 0 Å². The minimum Gasteiger partial charge on any atom is -0.454 e. The Morgan fingerprint density at radius 2 is 1.74 bits per heavy atom. The number of hydrogen-bond acceptors (Lipinski definition) is 7. The van der Waals surface area contributed by atoms with Crippen LogP contribution in [-0.2, 0) is 4.79 Å². The lowest BCUT2D eigenvalue weighted by atomic mass is 10.1. The van der Waals surface area contributed by atoms with Crippen LogP contribution in [0.2, 0.25) is 0 Å². The summed E-state index contributed by atoms with van der Waals surface area (Å²) in [5.74, 6) is 1.26. The molecule has 0 aliphatic carbocycles. The molecule has 0 unspecified atom stereocenters. The first-order chi connectivity index (χ1) is 18.4. The van der Waals surface area contributed by atoms with Crippen molar-refractivity contribution >= 4 is 17.6 Å². The second-order valence-electron chi connectivity index (χ2n) is 9.60. The molecular formula is C28H30FN5O4. The lowest BCUT2D eigenvalue weighted by Gasteiger charge is -2.29. The van der Waals surface area contributed by atoms with E-state index in [0.29, 0.717) is 42.4 Å². The third-order valence-corrected chi connectivity index (χ3v) is 6.77. The van der Waals surface area contributed by atoms with Crippen LogP contribution in [0.3, 0.4) is 0 Å². The standard InChI is InChI=1S/C28H30FN5O4/c1-19(2)34(28(36)21-6-10-24-25(16-21)38-18-37-24)17-27(35)33-13-3-12-32(14-15-33)26-11-9-23(30-31-26)20-4-7-22(29)8-5-20/h4-11,16,19H,3,12-15,17-18H2,1-2H3. The average Bonchev–Trinajstić information content (AvgIpc) is 3.26. The lowest BCUT2D eigenvalue weighted by Crippen LogP contribution is -2.46. The van der Waals surface area contributed by atoms with Crippen LogP contribution in [0.1, 0.15) is 30.6 Å². The van der Waals surface area contributed by atoms with E-state index in [-0.39, 0.29) is 37.0 Å². The molecule has 2 aromatic carbocycles. The SMILES string of the molecule is CC(C)N(CC(=O)N1CCCN(c2ccc(-c3ccc(F)cc3)nn2)CC1)C(=O)c1ccc2c(c1)OCO2. The van der Waals surface area contributed by atoms with Crippen LogP contribution < -0.4 is 14.4 Å². The van der Waals surface area contributed by atoms with E-state index in [2.05, 4.69) is 15.1 Å². The number of fused-ring (bicyclic) bond motifs is 1. The number of carbonyl (C=O) groups is 2. The smallest absolute Gasteiger partial charge is 0.254 e. The van der Waals surface area contributed by atoms with E-state index < -0.39 is 0 Å². The monoisotopic (exact) mass is 519 g/mol. The Kier molecular flexibility index (Phi) is 7.39. The Morgan fingerprint density at radius 1 is 0.947 bits per heavy atom. The van der Waals surface area contributed by atoms with Crippen molar-refractivity contribution in [2.75, 3.05) is 44.4 Å². The van der Waals surface area contributed by atoms with Crippen LogP contribution in [0.4, 0.5) is 10.2 Å². The summed E-state index contributed by atoms with van der Waals surface area (Å²) in [6, 6.07) is 14.8. The van der Waals surface area contributed by atoms with Crippen LogP contribution in [0.25, 0.3) is 11.3 Å². The lowest BCUT2D eigenvalue weighted by molar-refractivity contribution is -0.132. The summed E-state index contributed by atoms with van der Waals surface area (Å²) in [5.41, 5.74) is 1.92. The maximum atomic E-state index is 13.3. The van der Waals surface area contributed by atoms with Gasteiger partial charge in [-0.1, -0.05) is 0 Å². The topological polar surface area (TPSA) is 88.1 Å². The third kappa shape index (κ3) is 5.53. The van der Waals surface area contributed by atoms with Gasteiger partial charge in [0.05, 0.1) is 5.69 Å². The molecule has 0 radical (unpaired) electrons. The van der Waals surface area contributed by atoms with Gasteiger partial charge in [-0.25, -0.2) is 4.39 Å². The molecule has 3 heterocycles. The normalized spacial score (nSPS) is 14.9. The Bertz CT molecular complexity index is 1300. The minimum absolute atomic E-state index is 0.00286. The van der Waals surface area contributed by atoms with Crippen molar-refractivity contribution in [1.82, 2.24) is 20.0 Å². The predicted octanol–water partition coefficient (Wildman–Crippen LogP) is 3.60. The molecule has 0 saturated carbocycles. The summed E-state index contributed by atoms with van der Waals surface area (Å²) in [6.07, 6.45) is 0.769. The average molecular weight is 520 g/mol. The van der Waals surface area contributed by atoms with E-state index in [9.17, 15) is 14.0 Å². The second-order valence-corrected chi connectivity index (χ2v) is 9.60. The van der Waals surface area contributed by atoms with E-state index in [1.165, 1.54) is 12.1 Å². The molecule has 2 amide bonds. The van der Waals surface area contributed by atoms with E-state index in [1.54, 1.807) is 35.2 Å². The zero-order valence-electron chi connectivity index (χ0n) is 21.5. The highest BCUT2D eigenvalue weighted by molar-refractivity contribution is 5.97. The minimum atomic E-state index is -0.296. The molecule has 9 nitrogen and oxygen atoms in total. The summed E-state index contributed by atoms with van der Waals surface area (Å²) in [7, 11) is 0. The first kappa shape index (κ1) is 25.4. The molecule has 2 aliphatic heterocycles. The van der Waals surface area contributed by atoms with Crippen molar-refractivity contribution < 1.29 is 23.5 Å². The van der Waals surface area contributed by atoms with Crippen molar-refractivity contribution in [2.45, 2.75) is 26.3 Å². The van der Waals surface area contributed by atoms with Gasteiger partial charge in [-0.3, -0.25) is 9.59 Å². The number of hydrogen-bond donors (Lipinski definition) is 0. The number of carbonyl (C=O) groups excluding carboxylic acids is 2. The predicted molar refractivity (Wildman–Crippen MR) is 140 cm³/mol. The molecule has 0 N–H and O–H groups in total. The Hall–Kier alpha value is -4.21. The van der Waals surface area contributed by atoms with Gasteiger partial charge in [-0.2, -0.15) is 0 Å². The van der Waals surface area contributed by atoms with Gasteiger partial charge in [0.25, 0.3) is 5.91 Å². The molecular weight excluding hydrogens is 489 g/mol. The first-order valence-corrected chi connectivity index (χ1v) is 12.7. The van der Waals surface area contributed by atoms with Crippen molar-refractivity contribution in [3.8, 4) is 22.8 Å². The highest BCUT2D eigenvalue weighted by Crippen LogP contribution is 2.33. The van der Waals surface area contributed by atoms with Gasteiger partial charge in [0.1, 0.15) is 12.4 Å². The van der Waals surface area contributed by atoms with E-state index in [1.807, 2.05) is 30.9 Å². The summed E-state index contributed by atoms with van der Waals surface area (Å²) in [6.45, 7) is 6.39. The van der Waals surface area contributed by atoms with Crippen LogP contribution in [0.15, 0.2) is 54.6 Å². The van der Waals surface area contributed by atoms with Crippen LogP contribution in [-0.4, -0.2) is 77.4 Å². The molecule has 10 heteroatoms. The van der Waals surface area contributed by atoms with Gasteiger partial charge < -0.3 is 24.2 Å². The molecule has 38 heavy (non-hydrogen) atoms. The number of ether oxygens (including phenoxy) is 2. The Morgan fingerprint density at radius 3 is 2.47 bits per heavy atom. The fourth-order valence-corrected chi connectivity index (χ4v) is 4.59. The van der Waals surface area contributed by atoms with Crippen LogP contribution in [0, 0.1) is 5.82 Å². The largest absolute Gasteiger partial charge is 0.454 e. The maximum absolute atomic E-state index is 13.3. The molecule has 0 atom stereocenters. The van der Waals surface area contributed by atoms with E-state index in [4.69, 9.17) is 9.47 Å². The Labute approximate surface area is 220 Å². The zero-order chi connectivity index (χ0) is 26.6. The summed E-state index contributed by atoms with van der Waals surface area (Å²) < 4.78 is 23.9. The van der Waals surface area contributed by atoms with Crippen LogP contribution >= 0.6 is 0 Å². The highest BCUT2D eigenvalue weighted by Gasteiger charge is 2.27. The quantitative estimate of drug-likeness (QED) is 0.492. The molecule has 1 aromatic heterocycles. The van der Waals surface area contributed by atoms with Gasteiger partial charge in [0.15, 0.2) is 17.3 Å². The first-order valence-electron chi connectivity index (χ1n) is 12.7. The number of benzene rings is 2. The van der Waals surface area contributed by atoms with Gasteiger partial charge in [-0.15, -0.1) is 10.2 Å². The van der Waals surface area contributed by atoms with E-state index >= 15 is 0 Å². The number of amides is 2. The number of anilines is 1. The fraction of sp³-hybridized carbons (Fsp3) is 0.357. The molecule has 5 rings (SSSR count). The van der Waals surface area contributed by atoms with Gasteiger partial charge in [-0.05, 0) is 74.9 Å². The number of rotatable bonds is 6. The summed E-state index contributed by atoms with van der Waals surface area (Å²) in [5, 5.41) is 8.68. The van der Waals surface area contributed by atoms with Crippen molar-refractivity contribution in [3.05, 3.63) is 66.0 Å². The van der Waals surface area contributed by atoms with Crippen molar-refractivity contribution in [1.29, 1.82) is 0 Å². The van der Waals surface area contributed by atoms with Gasteiger partial charge in [0, 0.05) is 43.3 Å². The third-order valence-electron chi connectivity index (χ3n) is 6.77. The zero-order valence-corrected chi connectivity index (χ0v) is 21.5. The van der Waals surface area contributed by atoms with Gasteiger partial charge >= 0.3 is 0 Å². The molecule has 3 aromatic rings. The van der Waals surface area contributed by atoms with Crippen molar-refractivity contribution in [2.24, 2.45) is 0 Å². The number of halogens is 1.